The predicted octanol–water partition coefficient (Wildman–Crippen LogP) is 1.11. The molecule has 1 atom stereocenters. The molecule has 0 aliphatic carbocycles. The van der Waals surface area contributed by atoms with Crippen LogP contribution in [0.25, 0.3) is 0 Å². The van der Waals surface area contributed by atoms with Gasteiger partial charge in [-0.2, -0.15) is 0 Å². The molecule has 0 aliphatic rings. The highest BCUT2D eigenvalue weighted by Crippen LogP contribution is 2.21. The Morgan fingerprint density at radius 1 is 1.28 bits per heavy atom. The van der Waals surface area contributed by atoms with Gasteiger partial charge in [-0.25, -0.2) is 8.78 Å². The van der Waals surface area contributed by atoms with Crippen molar-refractivity contribution in [2.45, 2.75) is 6.04 Å². The second kappa shape index (κ2) is 5.54. The first kappa shape index (κ1) is 14.0. The van der Waals surface area contributed by atoms with E-state index in [1.54, 1.807) is 0 Å². The summed E-state index contributed by atoms with van der Waals surface area (Å²) in [5.41, 5.74) is -0.0230. The smallest absolute Gasteiger partial charge is 0.325 e. The average molecular weight is 259 g/mol. The maximum atomic E-state index is 13.0. The van der Waals surface area contributed by atoms with Gasteiger partial charge in [0.1, 0.15) is 6.04 Å². The van der Waals surface area contributed by atoms with E-state index < -0.39 is 36.2 Å². The topological polar surface area (TPSA) is 77.8 Å². The molecule has 7 heteroatoms. The van der Waals surface area contributed by atoms with Crippen molar-refractivity contribution in [1.29, 1.82) is 0 Å². The van der Waals surface area contributed by atoms with Crippen LogP contribution in [0.1, 0.15) is 11.6 Å². The van der Waals surface area contributed by atoms with E-state index in [2.05, 4.69) is 0 Å². The van der Waals surface area contributed by atoms with Gasteiger partial charge in [0.05, 0.1) is 6.54 Å². The Morgan fingerprint density at radius 3 is 2.33 bits per heavy atom. The van der Waals surface area contributed by atoms with Gasteiger partial charge in [0.2, 0.25) is 0 Å². The summed E-state index contributed by atoms with van der Waals surface area (Å²) in [5, 5.41) is 17.6. The maximum absolute atomic E-state index is 13.0. The van der Waals surface area contributed by atoms with Crippen LogP contribution < -0.4 is 0 Å². The van der Waals surface area contributed by atoms with Crippen molar-refractivity contribution in [3.63, 3.8) is 0 Å². The van der Waals surface area contributed by atoms with Crippen molar-refractivity contribution in [2.24, 2.45) is 0 Å². The SMILES string of the molecule is CN(CC(=O)O)C(C(=O)O)c1ccc(F)c(F)c1. The van der Waals surface area contributed by atoms with Crippen LogP contribution in [0.3, 0.4) is 0 Å². The van der Waals surface area contributed by atoms with Gasteiger partial charge < -0.3 is 10.2 Å². The van der Waals surface area contributed by atoms with E-state index in [0.717, 1.165) is 23.1 Å². The molecule has 98 valence electrons. The monoisotopic (exact) mass is 259 g/mol. The van der Waals surface area contributed by atoms with Crippen LogP contribution in [0.4, 0.5) is 8.78 Å². The first-order valence-electron chi connectivity index (χ1n) is 4.92. The highest BCUT2D eigenvalue weighted by molar-refractivity contribution is 5.77. The Morgan fingerprint density at radius 2 is 1.89 bits per heavy atom. The summed E-state index contributed by atoms with van der Waals surface area (Å²) in [4.78, 5) is 22.6. The first-order chi connectivity index (χ1) is 8.32. The van der Waals surface area contributed by atoms with E-state index in [0.29, 0.717) is 0 Å². The van der Waals surface area contributed by atoms with Gasteiger partial charge in [-0.3, -0.25) is 14.5 Å². The van der Waals surface area contributed by atoms with Crippen LogP contribution in [-0.2, 0) is 9.59 Å². The molecular weight excluding hydrogens is 248 g/mol. The number of nitrogens with zero attached hydrogens (tertiary/aromatic N) is 1. The van der Waals surface area contributed by atoms with Crippen LogP contribution in [0.5, 0.6) is 0 Å². The van der Waals surface area contributed by atoms with Gasteiger partial charge >= 0.3 is 11.9 Å². The molecule has 5 nitrogen and oxygen atoms in total. The van der Waals surface area contributed by atoms with E-state index >= 15 is 0 Å². The highest BCUT2D eigenvalue weighted by atomic mass is 19.2. The Hall–Kier alpha value is -2.02. The quantitative estimate of drug-likeness (QED) is 0.828. The Kier molecular flexibility index (Phi) is 4.33. The lowest BCUT2D eigenvalue weighted by Gasteiger charge is -2.23. The number of rotatable bonds is 5. The molecule has 0 saturated carbocycles. The number of halogens is 2. The average Bonchev–Trinajstić information content (AvgIpc) is 2.21. The van der Waals surface area contributed by atoms with Crippen molar-refractivity contribution >= 4 is 11.9 Å². The Bertz CT molecular complexity index is 478. The summed E-state index contributed by atoms with van der Waals surface area (Å²) in [5.74, 6) is -4.83. The van der Waals surface area contributed by atoms with E-state index in [1.165, 1.54) is 7.05 Å². The van der Waals surface area contributed by atoms with Gasteiger partial charge in [-0.05, 0) is 24.7 Å². The summed E-state index contributed by atoms with van der Waals surface area (Å²) >= 11 is 0. The summed E-state index contributed by atoms with van der Waals surface area (Å²) in [7, 11) is 1.27. The minimum atomic E-state index is -1.35. The fraction of sp³-hybridized carbons (Fsp3) is 0.273. The zero-order valence-electron chi connectivity index (χ0n) is 9.43. The van der Waals surface area contributed by atoms with E-state index in [-0.39, 0.29) is 5.56 Å². The largest absolute Gasteiger partial charge is 0.480 e. The zero-order valence-corrected chi connectivity index (χ0v) is 9.43. The molecule has 0 heterocycles. The lowest BCUT2D eigenvalue weighted by atomic mass is 10.1. The number of hydrogen-bond donors (Lipinski definition) is 2. The van der Waals surface area contributed by atoms with Gasteiger partial charge in [-0.1, -0.05) is 6.07 Å². The zero-order chi connectivity index (χ0) is 13.9. The Balaban J connectivity index is 3.08. The second-order valence-electron chi connectivity index (χ2n) is 3.72. The molecule has 0 fully saturated rings. The number of carboxylic acids is 2. The molecule has 18 heavy (non-hydrogen) atoms. The molecule has 2 N–H and O–H groups in total. The molecule has 0 radical (unpaired) electrons. The molecule has 0 spiro atoms. The van der Waals surface area contributed by atoms with Crippen LogP contribution in [0.2, 0.25) is 0 Å². The predicted molar refractivity (Wildman–Crippen MR) is 57.0 cm³/mol. The van der Waals surface area contributed by atoms with Crippen LogP contribution in [0.15, 0.2) is 18.2 Å². The molecule has 0 bridgehead atoms. The standard InChI is InChI=1S/C11H11F2NO4/c1-14(5-9(15)16)10(11(17)18)6-2-3-7(12)8(13)4-6/h2-4,10H,5H2,1H3,(H,15,16)(H,17,18). The van der Waals surface area contributed by atoms with Gasteiger partial charge in [-0.15, -0.1) is 0 Å². The Labute approximate surface area is 101 Å². The highest BCUT2D eigenvalue weighted by Gasteiger charge is 2.26. The van der Waals surface area contributed by atoms with Crippen molar-refractivity contribution < 1.29 is 28.6 Å². The number of likely N-dealkylation sites (N-methyl/N-ethyl adjacent to an activating group) is 1. The van der Waals surface area contributed by atoms with Crippen LogP contribution >= 0.6 is 0 Å². The molecule has 0 amide bonds. The molecule has 0 saturated heterocycles. The van der Waals surface area contributed by atoms with E-state index in [9.17, 15) is 18.4 Å². The van der Waals surface area contributed by atoms with Crippen LogP contribution in [-0.4, -0.2) is 40.6 Å². The minimum Gasteiger partial charge on any atom is -0.480 e. The molecular formula is C11H11F2NO4. The van der Waals surface area contributed by atoms with Gasteiger partial charge in [0.15, 0.2) is 11.6 Å². The minimum absolute atomic E-state index is 0.0230. The molecule has 0 aliphatic heterocycles. The third-order valence-electron chi connectivity index (χ3n) is 2.32. The normalized spacial score (nSPS) is 12.4. The van der Waals surface area contributed by atoms with Gasteiger partial charge in [0.25, 0.3) is 0 Å². The molecule has 0 aromatic heterocycles. The molecule has 1 aromatic rings. The second-order valence-corrected chi connectivity index (χ2v) is 3.72. The fourth-order valence-corrected chi connectivity index (χ4v) is 1.57. The van der Waals surface area contributed by atoms with Crippen LogP contribution in [0, 0.1) is 11.6 Å². The van der Waals surface area contributed by atoms with Crippen molar-refractivity contribution in [2.75, 3.05) is 13.6 Å². The molecule has 1 unspecified atom stereocenters. The lowest BCUT2D eigenvalue weighted by molar-refractivity contribution is -0.145. The van der Waals surface area contributed by atoms with Crippen molar-refractivity contribution in [1.82, 2.24) is 4.90 Å². The number of benzene rings is 1. The maximum Gasteiger partial charge on any atom is 0.325 e. The third-order valence-corrected chi connectivity index (χ3v) is 2.32. The van der Waals surface area contributed by atoms with Crippen molar-refractivity contribution in [3.05, 3.63) is 35.4 Å². The van der Waals surface area contributed by atoms with Crippen molar-refractivity contribution in [3.8, 4) is 0 Å². The third kappa shape index (κ3) is 3.24. The number of carbonyl (C=O) groups is 2. The summed E-state index contributed by atoms with van der Waals surface area (Å²) < 4.78 is 25.8. The lowest BCUT2D eigenvalue weighted by Crippen LogP contribution is -2.34. The number of hydrogen-bond acceptors (Lipinski definition) is 3. The summed E-state index contributed by atoms with van der Waals surface area (Å²) in [6.07, 6.45) is 0. The summed E-state index contributed by atoms with van der Waals surface area (Å²) in [6, 6.07) is 1.30. The number of carboxylic acid groups (broad SMARTS) is 2. The number of aliphatic carboxylic acids is 2. The molecule has 1 rings (SSSR count). The van der Waals surface area contributed by atoms with Gasteiger partial charge in [0, 0.05) is 0 Å². The fourth-order valence-electron chi connectivity index (χ4n) is 1.57. The van der Waals surface area contributed by atoms with E-state index in [1.807, 2.05) is 0 Å². The van der Waals surface area contributed by atoms with E-state index in [4.69, 9.17) is 10.2 Å². The first-order valence-corrected chi connectivity index (χ1v) is 4.92. The molecule has 1 aromatic carbocycles. The summed E-state index contributed by atoms with van der Waals surface area (Å²) in [6.45, 7) is -0.532.